The number of H-pyrrole nitrogens is 1. The summed E-state index contributed by atoms with van der Waals surface area (Å²) < 4.78 is 7.45. The van der Waals surface area contributed by atoms with E-state index in [1.807, 2.05) is 54.6 Å². The molecule has 7 nitrogen and oxygen atoms in total. The maximum absolute atomic E-state index is 13.0. The SMILES string of the molecule is COc1ccc(-c2cc(C(=O)NCc3n[nH]c(=S)n3C)c3ccccc3n2)cc1. The predicted molar refractivity (Wildman–Crippen MR) is 113 cm³/mol. The van der Waals surface area contributed by atoms with Crippen LogP contribution in [0.25, 0.3) is 22.2 Å². The summed E-state index contributed by atoms with van der Waals surface area (Å²) in [5.41, 5.74) is 2.93. The number of carbonyl (C=O) groups is 1. The maximum Gasteiger partial charge on any atom is 0.252 e. The molecule has 0 unspecified atom stereocenters. The van der Waals surface area contributed by atoms with Crippen molar-refractivity contribution in [2.24, 2.45) is 7.05 Å². The van der Waals surface area contributed by atoms with E-state index in [-0.39, 0.29) is 12.5 Å². The largest absolute Gasteiger partial charge is 0.497 e. The molecule has 2 N–H and O–H groups in total. The van der Waals surface area contributed by atoms with Gasteiger partial charge in [0.05, 0.1) is 30.4 Å². The first-order valence-corrected chi connectivity index (χ1v) is 9.40. The Morgan fingerprint density at radius 3 is 2.66 bits per heavy atom. The number of para-hydroxylation sites is 1. The van der Waals surface area contributed by atoms with Crippen LogP contribution in [-0.2, 0) is 13.6 Å². The molecular weight excluding hydrogens is 386 g/mol. The van der Waals surface area contributed by atoms with Crippen molar-refractivity contribution in [1.82, 2.24) is 25.1 Å². The van der Waals surface area contributed by atoms with Gasteiger partial charge in [0.15, 0.2) is 10.6 Å². The summed E-state index contributed by atoms with van der Waals surface area (Å²) >= 11 is 5.11. The lowest BCUT2D eigenvalue weighted by molar-refractivity contribution is 0.0951. The number of nitrogens with one attached hydrogen (secondary N) is 2. The summed E-state index contributed by atoms with van der Waals surface area (Å²) in [6, 6.07) is 17.0. The van der Waals surface area contributed by atoms with Gasteiger partial charge in [-0.25, -0.2) is 4.98 Å². The number of nitrogens with zero attached hydrogens (tertiary/aromatic N) is 3. The Bertz CT molecular complexity index is 1240. The molecule has 29 heavy (non-hydrogen) atoms. The Balaban J connectivity index is 1.70. The number of aromatic amines is 1. The van der Waals surface area contributed by atoms with Crippen LogP contribution in [0.15, 0.2) is 54.6 Å². The quantitative estimate of drug-likeness (QED) is 0.495. The molecule has 0 saturated heterocycles. The minimum Gasteiger partial charge on any atom is -0.497 e. The van der Waals surface area contributed by atoms with Crippen LogP contribution in [0.5, 0.6) is 5.75 Å². The summed E-state index contributed by atoms with van der Waals surface area (Å²) in [6.45, 7) is 0.261. The lowest BCUT2D eigenvalue weighted by Crippen LogP contribution is -2.25. The Morgan fingerprint density at radius 2 is 1.97 bits per heavy atom. The van der Waals surface area contributed by atoms with Gasteiger partial charge in [-0.2, -0.15) is 5.10 Å². The van der Waals surface area contributed by atoms with Gasteiger partial charge in [0, 0.05) is 18.0 Å². The highest BCUT2D eigenvalue weighted by Crippen LogP contribution is 2.26. The van der Waals surface area contributed by atoms with Gasteiger partial charge in [-0.15, -0.1) is 0 Å². The molecule has 4 rings (SSSR count). The maximum atomic E-state index is 13.0. The van der Waals surface area contributed by atoms with E-state index in [0.29, 0.717) is 16.2 Å². The third-order valence-corrected chi connectivity index (χ3v) is 5.09. The summed E-state index contributed by atoms with van der Waals surface area (Å²) in [6.07, 6.45) is 0. The van der Waals surface area contributed by atoms with Crippen LogP contribution < -0.4 is 10.1 Å². The zero-order chi connectivity index (χ0) is 20.4. The number of aromatic nitrogens is 4. The van der Waals surface area contributed by atoms with Gasteiger partial charge >= 0.3 is 0 Å². The van der Waals surface area contributed by atoms with Crippen molar-refractivity contribution in [3.63, 3.8) is 0 Å². The number of fused-ring (bicyclic) bond motifs is 1. The van der Waals surface area contributed by atoms with E-state index in [9.17, 15) is 4.79 Å². The molecule has 0 aliphatic heterocycles. The number of hydrogen-bond donors (Lipinski definition) is 2. The standard InChI is InChI=1S/C21H19N5O2S/c1-26-19(24-25-21(26)29)12-22-20(27)16-11-18(13-7-9-14(28-2)10-8-13)23-17-6-4-3-5-15(16)17/h3-11H,12H2,1-2H3,(H,22,27)(H,25,29). The van der Waals surface area contributed by atoms with Gasteiger partial charge < -0.3 is 14.6 Å². The van der Waals surface area contributed by atoms with Crippen LogP contribution in [0.3, 0.4) is 0 Å². The van der Waals surface area contributed by atoms with E-state index in [1.165, 1.54) is 0 Å². The zero-order valence-corrected chi connectivity index (χ0v) is 16.8. The molecule has 2 aromatic carbocycles. The molecule has 0 atom stereocenters. The zero-order valence-electron chi connectivity index (χ0n) is 16.0. The highest BCUT2D eigenvalue weighted by atomic mass is 32.1. The van der Waals surface area contributed by atoms with E-state index in [2.05, 4.69) is 15.5 Å². The molecule has 2 heterocycles. The molecule has 2 aromatic heterocycles. The van der Waals surface area contributed by atoms with Crippen molar-refractivity contribution in [1.29, 1.82) is 0 Å². The molecule has 0 saturated carbocycles. The number of amides is 1. The number of pyridine rings is 1. The first-order chi connectivity index (χ1) is 14.1. The van der Waals surface area contributed by atoms with Crippen molar-refractivity contribution >= 4 is 29.0 Å². The molecule has 0 bridgehead atoms. The molecule has 0 radical (unpaired) electrons. The van der Waals surface area contributed by atoms with Gasteiger partial charge in [0.25, 0.3) is 5.91 Å². The average molecular weight is 405 g/mol. The molecule has 146 valence electrons. The first-order valence-electron chi connectivity index (χ1n) is 8.99. The predicted octanol–water partition coefficient (Wildman–Crippen LogP) is 3.63. The van der Waals surface area contributed by atoms with Crippen LogP contribution in [-0.4, -0.2) is 32.8 Å². The average Bonchev–Trinajstić information content (AvgIpc) is 3.09. The van der Waals surface area contributed by atoms with Gasteiger partial charge in [0.1, 0.15) is 5.75 Å². The van der Waals surface area contributed by atoms with E-state index in [0.717, 1.165) is 27.9 Å². The van der Waals surface area contributed by atoms with Crippen molar-refractivity contribution in [3.8, 4) is 17.0 Å². The molecule has 0 spiro atoms. The number of rotatable bonds is 5. The topological polar surface area (TPSA) is 84.8 Å². The summed E-state index contributed by atoms with van der Waals surface area (Å²) in [4.78, 5) is 17.7. The number of benzene rings is 2. The van der Waals surface area contributed by atoms with Crippen molar-refractivity contribution < 1.29 is 9.53 Å². The van der Waals surface area contributed by atoms with Crippen molar-refractivity contribution in [2.45, 2.75) is 6.54 Å². The van der Waals surface area contributed by atoms with E-state index < -0.39 is 0 Å². The second-order valence-electron chi connectivity index (χ2n) is 6.49. The number of carbonyl (C=O) groups excluding carboxylic acids is 1. The summed E-state index contributed by atoms with van der Waals surface area (Å²) in [5, 5.41) is 10.6. The van der Waals surface area contributed by atoms with Crippen LogP contribution >= 0.6 is 12.2 Å². The molecule has 0 aliphatic rings. The molecule has 0 aliphatic carbocycles. The molecular formula is C21H19N5O2S. The number of methoxy groups -OCH3 is 1. The van der Waals surface area contributed by atoms with E-state index >= 15 is 0 Å². The van der Waals surface area contributed by atoms with Crippen LogP contribution in [0, 0.1) is 4.77 Å². The highest BCUT2D eigenvalue weighted by molar-refractivity contribution is 7.71. The minimum atomic E-state index is -0.202. The Kier molecular flexibility index (Phi) is 5.09. The van der Waals surface area contributed by atoms with E-state index in [1.54, 1.807) is 18.7 Å². The van der Waals surface area contributed by atoms with Crippen molar-refractivity contribution in [3.05, 3.63) is 70.8 Å². The second-order valence-corrected chi connectivity index (χ2v) is 6.87. The fourth-order valence-corrected chi connectivity index (χ4v) is 3.22. The number of hydrogen-bond acceptors (Lipinski definition) is 5. The Labute approximate surface area is 172 Å². The van der Waals surface area contributed by atoms with Crippen molar-refractivity contribution in [2.75, 3.05) is 7.11 Å². The normalized spacial score (nSPS) is 10.8. The third-order valence-electron chi connectivity index (χ3n) is 4.73. The summed E-state index contributed by atoms with van der Waals surface area (Å²) in [5.74, 6) is 1.21. The molecule has 0 fully saturated rings. The lowest BCUT2D eigenvalue weighted by Gasteiger charge is -2.11. The fraction of sp³-hybridized carbons (Fsp3) is 0.143. The monoisotopic (exact) mass is 405 g/mol. The molecule has 1 amide bonds. The summed E-state index contributed by atoms with van der Waals surface area (Å²) in [7, 11) is 3.43. The lowest BCUT2D eigenvalue weighted by atomic mass is 10.0. The highest BCUT2D eigenvalue weighted by Gasteiger charge is 2.15. The molecule has 4 aromatic rings. The second kappa shape index (κ2) is 7.84. The minimum absolute atomic E-state index is 0.202. The van der Waals surface area contributed by atoms with E-state index in [4.69, 9.17) is 21.9 Å². The Hall–Kier alpha value is -3.52. The number of ether oxygens (including phenoxy) is 1. The smallest absolute Gasteiger partial charge is 0.252 e. The van der Waals surface area contributed by atoms with Crippen LogP contribution in [0.4, 0.5) is 0 Å². The first kappa shape index (κ1) is 18.8. The molecule has 8 heteroatoms. The van der Waals surface area contributed by atoms with Crippen LogP contribution in [0.1, 0.15) is 16.2 Å². The van der Waals surface area contributed by atoms with Gasteiger partial charge in [-0.1, -0.05) is 18.2 Å². The fourth-order valence-electron chi connectivity index (χ4n) is 3.07. The van der Waals surface area contributed by atoms with Gasteiger partial charge in [-0.05, 0) is 48.6 Å². The van der Waals surface area contributed by atoms with Crippen LogP contribution in [0.2, 0.25) is 0 Å². The third kappa shape index (κ3) is 3.74. The van der Waals surface area contributed by atoms with Gasteiger partial charge in [-0.3, -0.25) is 9.89 Å². The Morgan fingerprint density at radius 1 is 1.21 bits per heavy atom. The van der Waals surface area contributed by atoms with Gasteiger partial charge in [0.2, 0.25) is 0 Å².